The summed E-state index contributed by atoms with van der Waals surface area (Å²) in [6.07, 6.45) is 2.55. The Labute approximate surface area is 208 Å². The largest absolute Gasteiger partial charge is 0.469 e. The monoisotopic (exact) mass is 495 g/mol. The number of benzene rings is 2. The Hall–Kier alpha value is -3.23. The lowest BCUT2D eigenvalue weighted by atomic mass is 9.81. The van der Waals surface area contributed by atoms with Crippen molar-refractivity contribution >= 4 is 40.7 Å². The number of hydrogen-bond acceptors (Lipinski definition) is 7. The Morgan fingerprint density at radius 1 is 1.29 bits per heavy atom. The van der Waals surface area contributed by atoms with E-state index in [-0.39, 0.29) is 24.2 Å². The molecule has 0 amide bonds. The standard InChI is InChI=1S/C26H27ClFN5O2/c1-26(12-23(34)35-3)15-33(22-7-5-4-6-18(22)26)24-19(27)13-29-25(31-24)30-21-11-17-14-32(2)9-8-16(17)10-20(21)28/h4-7,10-11,13H,8-9,12,14-15H2,1-3H3,(H,29,30,31). The number of ether oxygens (including phenoxy) is 1. The summed E-state index contributed by atoms with van der Waals surface area (Å²) < 4.78 is 19.8. The average molecular weight is 496 g/mol. The molecule has 0 aliphatic carbocycles. The van der Waals surface area contributed by atoms with Crippen molar-refractivity contribution in [2.75, 3.05) is 37.5 Å². The van der Waals surface area contributed by atoms with E-state index >= 15 is 0 Å². The van der Waals surface area contributed by atoms with Gasteiger partial charge < -0.3 is 19.9 Å². The number of fused-ring (bicyclic) bond motifs is 2. The second-order valence-corrected chi connectivity index (χ2v) is 9.90. The molecule has 0 spiro atoms. The minimum Gasteiger partial charge on any atom is -0.469 e. The molecule has 35 heavy (non-hydrogen) atoms. The zero-order valence-electron chi connectivity index (χ0n) is 19.9. The first-order chi connectivity index (χ1) is 16.8. The summed E-state index contributed by atoms with van der Waals surface area (Å²) in [7, 11) is 3.44. The molecule has 0 saturated carbocycles. The molecule has 2 aliphatic heterocycles. The van der Waals surface area contributed by atoms with Gasteiger partial charge in [0.1, 0.15) is 10.8 Å². The molecule has 182 valence electrons. The maximum Gasteiger partial charge on any atom is 0.306 e. The van der Waals surface area contributed by atoms with Crippen molar-refractivity contribution in [2.45, 2.75) is 31.7 Å². The maximum atomic E-state index is 14.9. The second kappa shape index (κ2) is 9.09. The van der Waals surface area contributed by atoms with Gasteiger partial charge in [0.05, 0.1) is 25.4 Å². The predicted molar refractivity (Wildman–Crippen MR) is 134 cm³/mol. The van der Waals surface area contributed by atoms with Crippen molar-refractivity contribution in [1.82, 2.24) is 14.9 Å². The highest BCUT2D eigenvalue weighted by atomic mass is 35.5. The quantitative estimate of drug-likeness (QED) is 0.501. The van der Waals surface area contributed by atoms with Gasteiger partial charge in [-0.2, -0.15) is 4.98 Å². The molecule has 3 heterocycles. The average Bonchev–Trinajstić information content (AvgIpc) is 3.13. The van der Waals surface area contributed by atoms with Gasteiger partial charge in [-0.05, 0) is 48.4 Å². The van der Waals surface area contributed by atoms with Crippen molar-refractivity contribution in [2.24, 2.45) is 0 Å². The van der Waals surface area contributed by atoms with Crippen LogP contribution in [0.25, 0.3) is 0 Å². The normalized spacial score (nSPS) is 19.3. The molecule has 2 aliphatic rings. The van der Waals surface area contributed by atoms with Crippen molar-refractivity contribution in [3.63, 3.8) is 0 Å². The zero-order valence-corrected chi connectivity index (χ0v) is 20.7. The van der Waals surface area contributed by atoms with Gasteiger partial charge in [-0.25, -0.2) is 9.37 Å². The third-order valence-corrected chi connectivity index (χ3v) is 7.10. The lowest BCUT2D eigenvalue weighted by molar-refractivity contribution is -0.141. The molecule has 0 bridgehead atoms. The minimum atomic E-state index is -0.484. The molecular formula is C26H27ClFN5O2. The third-order valence-electron chi connectivity index (χ3n) is 6.83. The number of hydrogen-bond donors (Lipinski definition) is 1. The van der Waals surface area contributed by atoms with Crippen molar-refractivity contribution in [3.05, 3.63) is 70.1 Å². The van der Waals surface area contributed by atoms with Gasteiger partial charge in [0.25, 0.3) is 0 Å². The molecule has 1 aromatic heterocycles. The van der Waals surface area contributed by atoms with Gasteiger partial charge in [-0.3, -0.25) is 4.79 Å². The maximum absolute atomic E-state index is 14.9. The topological polar surface area (TPSA) is 70.6 Å². The zero-order chi connectivity index (χ0) is 24.7. The Morgan fingerprint density at radius 3 is 2.89 bits per heavy atom. The minimum absolute atomic E-state index is 0.222. The highest BCUT2D eigenvalue weighted by Gasteiger charge is 2.42. The number of methoxy groups -OCH3 is 1. The van der Waals surface area contributed by atoms with E-state index in [0.29, 0.717) is 23.1 Å². The van der Waals surface area contributed by atoms with E-state index in [9.17, 15) is 9.18 Å². The van der Waals surface area contributed by atoms with Crippen LogP contribution in [0.1, 0.15) is 30.0 Å². The number of nitrogens with zero attached hydrogens (tertiary/aromatic N) is 4. The van der Waals surface area contributed by atoms with Gasteiger partial charge in [0.2, 0.25) is 5.95 Å². The first-order valence-corrected chi connectivity index (χ1v) is 11.9. The second-order valence-electron chi connectivity index (χ2n) is 9.50. The van der Waals surface area contributed by atoms with Gasteiger partial charge in [-0.15, -0.1) is 0 Å². The summed E-state index contributed by atoms with van der Waals surface area (Å²) in [6, 6.07) is 11.3. The molecule has 0 saturated heterocycles. The molecule has 0 fully saturated rings. The van der Waals surface area contributed by atoms with Crippen LogP contribution in [-0.4, -0.2) is 48.1 Å². The van der Waals surface area contributed by atoms with Gasteiger partial charge in [-0.1, -0.05) is 36.7 Å². The Bertz CT molecular complexity index is 1300. The van der Waals surface area contributed by atoms with Gasteiger partial charge >= 0.3 is 5.97 Å². The van der Waals surface area contributed by atoms with Crippen LogP contribution in [0.3, 0.4) is 0 Å². The molecule has 2 aromatic carbocycles. The van der Waals surface area contributed by atoms with Crippen LogP contribution < -0.4 is 10.2 Å². The Balaban J connectivity index is 1.48. The van der Waals surface area contributed by atoms with E-state index in [1.807, 2.05) is 42.2 Å². The van der Waals surface area contributed by atoms with Gasteiger partial charge in [0, 0.05) is 30.7 Å². The Morgan fingerprint density at radius 2 is 2.09 bits per heavy atom. The highest BCUT2D eigenvalue weighted by molar-refractivity contribution is 6.33. The summed E-state index contributed by atoms with van der Waals surface area (Å²) in [6.45, 7) is 4.18. The molecule has 0 radical (unpaired) electrons. The van der Waals surface area contributed by atoms with E-state index in [1.54, 1.807) is 6.07 Å². The summed E-state index contributed by atoms with van der Waals surface area (Å²) >= 11 is 6.55. The summed E-state index contributed by atoms with van der Waals surface area (Å²) in [5.41, 5.74) is 3.88. The number of halogens is 2. The van der Waals surface area contributed by atoms with Crippen LogP contribution in [0, 0.1) is 5.82 Å². The molecule has 1 N–H and O–H groups in total. The lowest BCUT2D eigenvalue weighted by Gasteiger charge is -2.26. The van der Waals surface area contributed by atoms with Crippen LogP contribution in [0.5, 0.6) is 0 Å². The predicted octanol–water partition coefficient (Wildman–Crippen LogP) is 4.97. The number of para-hydroxylation sites is 1. The summed E-state index contributed by atoms with van der Waals surface area (Å²) in [5.74, 6) is 0.106. The van der Waals surface area contributed by atoms with E-state index in [2.05, 4.69) is 27.2 Å². The molecule has 9 heteroatoms. The number of rotatable bonds is 5. The Kier molecular flexibility index (Phi) is 6.11. The first-order valence-electron chi connectivity index (χ1n) is 11.5. The van der Waals surface area contributed by atoms with Crippen LogP contribution in [-0.2, 0) is 27.9 Å². The smallest absolute Gasteiger partial charge is 0.306 e. The lowest BCUT2D eigenvalue weighted by Crippen LogP contribution is -2.32. The van der Waals surface area contributed by atoms with E-state index in [4.69, 9.17) is 16.3 Å². The fourth-order valence-electron chi connectivity index (χ4n) is 5.01. The fourth-order valence-corrected chi connectivity index (χ4v) is 5.21. The third kappa shape index (κ3) is 4.44. The number of aromatic nitrogens is 2. The summed E-state index contributed by atoms with van der Waals surface area (Å²) in [5, 5.41) is 3.40. The van der Waals surface area contributed by atoms with Crippen molar-refractivity contribution in [1.29, 1.82) is 0 Å². The SMILES string of the molecule is COC(=O)CC1(C)CN(c2nc(Nc3cc4c(cc3F)CCN(C)C4)ncc2Cl)c2ccccc21. The number of nitrogens with one attached hydrogen (secondary N) is 1. The van der Waals surface area contributed by atoms with Crippen LogP contribution in [0.2, 0.25) is 5.02 Å². The highest BCUT2D eigenvalue weighted by Crippen LogP contribution is 2.47. The number of likely N-dealkylation sites (N-methyl/N-ethyl adjacent to an activating group) is 1. The number of carbonyl (C=O) groups is 1. The van der Waals surface area contributed by atoms with Gasteiger partial charge in [0.15, 0.2) is 5.82 Å². The van der Waals surface area contributed by atoms with E-state index in [1.165, 1.54) is 13.3 Å². The van der Waals surface area contributed by atoms with Crippen LogP contribution in [0.4, 0.5) is 27.5 Å². The number of anilines is 4. The first kappa shape index (κ1) is 23.5. The van der Waals surface area contributed by atoms with Crippen molar-refractivity contribution in [3.8, 4) is 0 Å². The molecule has 3 aromatic rings. The van der Waals surface area contributed by atoms with Crippen LogP contribution in [0.15, 0.2) is 42.6 Å². The van der Waals surface area contributed by atoms with Crippen LogP contribution >= 0.6 is 11.6 Å². The summed E-state index contributed by atoms with van der Waals surface area (Å²) in [4.78, 5) is 25.3. The number of carbonyl (C=O) groups excluding carboxylic acids is 1. The van der Waals surface area contributed by atoms with E-state index in [0.717, 1.165) is 41.9 Å². The van der Waals surface area contributed by atoms with Crippen molar-refractivity contribution < 1.29 is 13.9 Å². The molecule has 1 atom stereocenters. The molecule has 1 unspecified atom stereocenters. The number of esters is 1. The molecule has 7 nitrogen and oxygen atoms in total. The van der Waals surface area contributed by atoms with E-state index < -0.39 is 5.41 Å². The molecular weight excluding hydrogens is 469 g/mol. The fraction of sp³-hybridized carbons (Fsp3) is 0.346. The molecule has 5 rings (SSSR count).